The molecule has 8 heteroatoms. The van der Waals surface area contributed by atoms with Gasteiger partial charge in [0.2, 0.25) is 0 Å². The van der Waals surface area contributed by atoms with Gasteiger partial charge in [-0.15, -0.1) is 0 Å². The summed E-state index contributed by atoms with van der Waals surface area (Å²) in [6.45, 7) is 1.81. The molecule has 0 saturated heterocycles. The van der Waals surface area contributed by atoms with Crippen LogP contribution in [0.15, 0.2) is 36.5 Å². The molecule has 23 heavy (non-hydrogen) atoms. The number of methoxy groups -OCH3 is 1. The number of aromatic nitrogens is 1. The van der Waals surface area contributed by atoms with Gasteiger partial charge in [-0.3, -0.25) is 10.1 Å². The maximum atomic E-state index is 11.7. The van der Waals surface area contributed by atoms with Gasteiger partial charge in [-0.25, -0.2) is 9.59 Å². The van der Waals surface area contributed by atoms with E-state index in [9.17, 15) is 19.7 Å². The molecule has 8 nitrogen and oxygen atoms in total. The second kappa shape index (κ2) is 6.73. The lowest BCUT2D eigenvalue weighted by Gasteiger charge is -2.09. The third-order valence-corrected chi connectivity index (χ3v) is 3.09. The molecule has 0 atom stereocenters. The van der Waals surface area contributed by atoms with Crippen molar-refractivity contribution in [2.45, 2.75) is 6.92 Å². The number of benzene rings is 1. The standard InChI is InChI=1S/C15H14N2O6/c1-3-23-14(18)10-6-7-11(13(9-10)17(20)21)16-8-4-5-12(16)15(19)22-2/h4-9H,3H2,1-2H3. The molecule has 0 fully saturated rings. The molecule has 0 radical (unpaired) electrons. The minimum Gasteiger partial charge on any atom is -0.464 e. The zero-order valence-corrected chi connectivity index (χ0v) is 12.5. The van der Waals surface area contributed by atoms with Crippen LogP contribution < -0.4 is 0 Å². The molecule has 0 aliphatic heterocycles. The van der Waals surface area contributed by atoms with Crippen molar-refractivity contribution in [1.82, 2.24) is 4.57 Å². The Balaban J connectivity index is 2.56. The number of carbonyl (C=O) groups excluding carboxylic acids is 2. The van der Waals surface area contributed by atoms with E-state index >= 15 is 0 Å². The highest BCUT2D eigenvalue weighted by molar-refractivity contribution is 5.91. The fourth-order valence-electron chi connectivity index (χ4n) is 2.08. The smallest absolute Gasteiger partial charge is 0.355 e. The first kappa shape index (κ1) is 16.2. The summed E-state index contributed by atoms with van der Waals surface area (Å²) in [4.78, 5) is 34.1. The molecule has 0 N–H and O–H groups in total. The van der Waals surface area contributed by atoms with Gasteiger partial charge in [-0.1, -0.05) is 0 Å². The van der Waals surface area contributed by atoms with Crippen LogP contribution in [-0.2, 0) is 9.47 Å². The van der Waals surface area contributed by atoms with Gasteiger partial charge in [0.1, 0.15) is 11.4 Å². The van der Waals surface area contributed by atoms with Crippen molar-refractivity contribution < 1.29 is 24.0 Å². The van der Waals surface area contributed by atoms with Crippen LogP contribution in [0.3, 0.4) is 0 Å². The van der Waals surface area contributed by atoms with E-state index in [-0.39, 0.29) is 29.2 Å². The van der Waals surface area contributed by atoms with Gasteiger partial charge in [0, 0.05) is 12.3 Å². The number of hydrogen-bond donors (Lipinski definition) is 0. The summed E-state index contributed by atoms with van der Waals surface area (Å²) in [7, 11) is 1.22. The van der Waals surface area contributed by atoms with Crippen LogP contribution in [0.25, 0.3) is 5.69 Å². The molecule has 0 spiro atoms. The van der Waals surface area contributed by atoms with E-state index in [1.54, 1.807) is 13.0 Å². The molecule has 2 rings (SSSR count). The lowest BCUT2D eigenvalue weighted by Crippen LogP contribution is -2.11. The number of nitro groups is 1. The van der Waals surface area contributed by atoms with Gasteiger partial charge >= 0.3 is 11.9 Å². The molecule has 2 aromatic rings. The van der Waals surface area contributed by atoms with E-state index in [0.717, 1.165) is 6.07 Å². The maximum Gasteiger partial charge on any atom is 0.355 e. The Bertz CT molecular complexity index is 765. The maximum absolute atomic E-state index is 11.7. The molecule has 0 bridgehead atoms. The highest BCUT2D eigenvalue weighted by Crippen LogP contribution is 2.26. The highest BCUT2D eigenvalue weighted by atomic mass is 16.6. The normalized spacial score (nSPS) is 10.2. The van der Waals surface area contributed by atoms with Crippen molar-refractivity contribution >= 4 is 17.6 Å². The number of ether oxygens (including phenoxy) is 2. The molecule has 1 heterocycles. The van der Waals surface area contributed by atoms with Gasteiger partial charge in [0.25, 0.3) is 5.69 Å². The topological polar surface area (TPSA) is 101 Å². The van der Waals surface area contributed by atoms with Crippen molar-refractivity contribution in [1.29, 1.82) is 0 Å². The van der Waals surface area contributed by atoms with Crippen LogP contribution in [-0.4, -0.2) is 35.1 Å². The van der Waals surface area contributed by atoms with Gasteiger partial charge in [0.15, 0.2) is 0 Å². The Morgan fingerprint density at radius 1 is 1.26 bits per heavy atom. The summed E-state index contributed by atoms with van der Waals surface area (Å²) in [5.74, 6) is -1.28. The monoisotopic (exact) mass is 318 g/mol. The number of nitro benzene ring substituents is 1. The van der Waals surface area contributed by atoms with Crippen molar-refractivity contribution in [3.63, 3.8) is 0 Å². The highest BCUT2D eigenvalue weighted by Gasteiger charge is 2.22. The fourth-order valence-corrected chi connectivity index (χ4v) is 2.08. The largest absolute Gasteiger partial charge is 0.464 e. The van der Waals surface area contributed by atoms with E-state index in [4.69, 9.17) is 4.74 Å². The van der Waals surface area contributed by atoms with Gasteiger partial charge in [0.05, 0.1) is 24.2 Å². The Morgan fingerprint density at radius 3 is 2.61 bits per heavy atom. The third kappa shape index (κ3) is 3.20. The molecule has 0 unspecified atom stereocenters. The first-order chi connectivity index (χ1) is 11.0. The summed E-state index contributed by atoms with van der Waals surface area (Å²) in [5.41, 5.74) is 0.0268. The van der Waals surface area contributed by atoms with Crippen LogP contribution in [0.2, 0.25) is 0 Å². The summed E-state index contributed by atoms with van der Waals surface area (Å²) in [5, 5.41) is 11.3. The van der Waals surface area contributed by atoms with Crippen molar-refractivity contribution in [2.24, 2.45) is 0 Å². The Hall–Kier alpha value is -3.16. The number of esters is 2. The van der Waals surface area contributed by atoms with E-state index < -0.39 is 16.9 Å². The second-order valence-corrected chi connectivity index (χ2v) is 4.44. The lowest BCUT2D eigenvalue weighted by atomic mass is 10.1. The molecule has 0 amide bonds. The van der Waals surface area contributed by atoms with Gasteiger partial charge in [-0.2, -0.15) is 0 Å². The van der Waals surface area contributed by atoms with Crippen molar-refractivity contribution in [3.8, 4) is 5.69 Å². The molecule has 120 valence electrons. The Morgan fingerprint density at radius 2 is 2.00 bits per heavy atom. The average Bonchev–Trinajstić information content (AvgIpc) is 3.03. The summed E-state index contributed by atoms with van der Waals surface area (Å²) < 4.78 is 10.8. The lowest BCUT2D eigenvalue weighted by molar-refractivity contribution is -0.384. The Labute approximate surface area is 131 Å². The molecule has 0 aliphatic carbocycles. The van der Waals surface area contributed by atoms with Crippen molar-refractivity contribution in [2.75, 3.05) is 13.7 Å². The van der Waals surface area contributed by atoms with Crippen molar-refractivity contribution in [3.05, 3.63) is 57.9 Å². The quantitative estimate of drug-likeness (QED) is 0.476. The number of carbonyl (C=O) groups is 2. The summed E-state index contributed by atoms with van der Waals surface area (Å²) in [6.07, 6.45) is 1.50. The number of rotatable bonds is 5. The predicted octanol–water partition coefficient (Wildman–Crippen LogP) is 2.35. The molecule has 1 aromatic carbocycles. The predicted molar refractivity (Wildman–Crippen MR) is 79.7 cm³/mol. The minimum atomic E-state index is -0.650. The molecule has 1 aromatic heterocycles. The van der Waals surface area contributed by atoms with Crippen LogP contribution >= 0.6 is 0 Å². The van der Waals surface area contributed by atoms with Crippen LogP contribution in [0.1, 0.15) is 27.8 Å². The zero-order chi connectivity index (χ0) is 17.0. The van der Waals surface area contributed by atoms with Crippen LogP contribution in [0.4, 0.5) is 5.69 Å². The van der Waals surface area contributed by atoms with Gasteiger partial charge < -0.3 is 14.0 Å². The molecular weight excluding hydrogens is 304 g/mol. The molecular formula is C15H14N2O6. The van der Waals surface area contributed by atoms with Crippen LogP contribution in [0.5, 0.6) is 0 Å². The SMILES string of the molecule is CCOC(=O)c1ccc(-n2cccc2C(=O)OC)c([N+](=O)[O-])c1. The number of hydrogen-bond acceptors (Lipinski definition) is 6. The van der Waals surface area contributed by atoms with E-state index in [1.807, 2.05) is 0 Å². The van der Waals surface area contributed by atoms with E-state index in [0.29, 0.717) is 0 Å². The third-order valence-electron chi connectivity index (χ3n) is 3.09. The minimum absolute atomic E-state index is 0.0640. The second-order valence-electron chi connectivity index (χ2n) is 4.44. The molecule has 0 aliphatic rings. The summed E-state index contributed by atoms with van der Waals surface area (Å²) in [6, 6.07) is 6.96. The van der Waals surface area contributed by atoms with E-state index in [1.165, 1.54) is 36.1 Å². The van der Waals surface area contributed by atoms with E-state index in [2.05, 4.69) is 4.74 Å². The molecule has 0 saturated carbocycles. The van der Waals surface area contributed by atoms with Crippen LogP contribution in [0, 0.1) is 10.1 Å². The summed E-state index contributed by atoms with van der Waals surface area (Å²) >= 11 is 0. The first-order valence-electron chi connectivity index (χ1n) is 6.71. The average molecular weight is 318 g/mol. The fraction of sp³-hybridized carbons (Fsp3) is 0.200. The van der Waals surface area contributed by atoms with Gasteiger partial charge in [-0.05, 0) is 31.2 Å². The zero-order valence-electron chi connectivity index (χ0n) is 12.5. The first-order valence-corrected chi connectivity index (χ1v) is 6.71. The number of nitrogens with zero attached hydrogens (tertiary/aromatic N) is 2. The Kier molecular flexibility index (Phi) is 4.75.